The molecule has 0 atom stereocenters. The lowest BCUT2D eigenvalue weighted by Crippen LogP contribution is -2.31. The van der Waals surface area contributed by atoms with Gasteiger partial charge in [0, 0.05) is 27.6 Å². The Balaban J connectivity index is 1.08. The molecule has 12 nitrogen and oxygen atoms in total. The van der Waals surface area contributed by atoms with Gasteiger partial charge in [0.05, 0.1) is 30.6 Å². The van der Waals surface area contributed by atoms with Crippen molar-refractivity contribution < 1.29 is 19.1 Å². The molecule has 0 N–H and O–H groups in total. The Bertz CT molecular complexity index is 4240. The SMILES string of the molecule is O=C(OCc1ccccc1)n1c(N=c2c(=O)c3cc4ccccc4cc3c2=O)cc2sc3c4sc(N=c5c(=O)c6cc7ccccc7cc6c5=O)cc4n(C(=O)OCc4ccccc4)c3c21. The molecule has 4 aromatic heterocycles. The standard InChI is InChI=1S/C52H28N4O8S2/c57-45-33-19-29-15-7-8-16-30(29)20-34(33)46(58)41(45)53-39-24-38-43(56(39)52(62)64-26-28-13-5-2-6-14-28)44-50(65-38)49-37(55(44)51(61)63-25-27-11-3-1-4-12-27)23-40(66-49)54-42-47(59)35-21-31-17-9-10-18-32(31)22-36(35)48(42)60/h1-24H,25-26H2. The highest BCUT2D eigenvalue weighted by Gasteiger charge is 2.30. The molecule has 0 aliphatic heterocycles. The first kappa shape index (κ1) is 39.2. The smallest absolute Gasteiger partial charge is 0.420 e. The van der Waals surface area contributed by atoms with Crippen LogP contribution in [0.25, 0.3) is 73.7 Å². The summed E-state index contributed by atoms with van der Waals surface area (Å²) in [6, 6.07) is 43.0. The summed E-state index contributed by atoms with van der Waals surface area (Å²) < 4.78 is 15.9. The van der Waals surface area contributed by atoms with E-state index in [-0.39, 0.29) is 62.3 Å². The van der Waals surface area contributed by atoms with E-state index >= 15 is 0 Å². The van der Waals surface area contributed by atoms with E-state index in [9.17, 15) is 28.8 Å². The average Bonchev–Trinajstić information content (AvgIpc) is 4.16. The predicted molar refractivity (Wildman–Crippen MR) is 258 cm³/mol. The van der Waals surface area contributed by atoms with Crippen LogP contribution in [0.5, 0.6) is 0 Å². The maximum atomic E-state index is 14.5. The fourth-order valence-corrected chi connectivity index (χ4v) is 11.0. The van der Waals surface area contributed by atoms with Crippen LogP contribution in [0.3, 0.4) is 0 Å². The molecular weight excluding hydrogens is 873 g/mol. The van der Waals surface area contributed by atoms with E-state index < -0.39 is 33.9 Å². The second kappa shape index (κ2) is 15.1. The monoisotopic (exact) mass is 900 g/mol. The number of carbonyl (C=O) groups excluding carboxylic acids is 2. The lowest BCUT2D eigenvalue weighted by atomic mass is 10.1. The molecule has 0 unspecified atom stereocenters. The first-order valence-corrected chi connectivity index (χ1v) is 22.3. The van der Waals surface area contributed by atoms with Gasteiger partial charge in [-0.15, -0.1) is 22.7 Å². The summed E-state index contributed by atoms with van der Waals surface area (Å²) in [4.78, 5) is 93.6. The molecule has 0 fully saturated rings. The van der Waals surface area contributed by atoms with E-state index in [2.05, 4.69) is 9.98 Å². The van der Waals surface area contributed by atoms with Gasteiger partial charge in [0.25, 0.3) is 0 Å². The first-order chi connectivity index (χ1) is 32.2. The molecule has 66 heavy (non-hydrogen) atoms. The van der Waals surface area contributed by atoms with Gasteiger partial charge in [0.2, 0.25) is 21.7 Å². The molecule has 8 aromatic carbocycles. The van der Waals surface area contributed by atoms with Crippen molar-refractivity contribution in [1.29, 1.82) is 0 Å². The van der Waals surface area contributed by atoms with Crippen LogP contribution in [-0.2, 0) is 22.7 Å². The van der Waals surface area contributed by atoms with E-state index in [1.165, 1.54) is 20.5 Å². The number of aromatic nitrogens is 2. The van der Waals surface area contributed by atoms with Gasteiger partial charge in [0.15, 0.2) is 10.7 Å². The van der Waals surface area contributed by atoms with Crippen LogP contribution >= 0.6 is 22.7 Å². The van der Waals surface area contributed by atoms with Crippen LogP contribution in [0, 0.1) is 0 Å². The minimum atomic E-state index is -0.875. The summed E-state index contributed by atoms with van der Waals surface area (Å²) in [6.45, 7) is -0.198. The van der Waals surface area contributed by atoms with E-state index in [4.69, 9.17) is 9.47 Å². The van der Waals surface area contributed by atoms with Crippen LogP contribution < -0.4 is 32.4 Å². The minimum absolute atomic E-state index is 0.0587. The molecule has 0 radical (unpaired) electrons. The van der Waals surface area contributed by atoms with Gasteiger partial charge in [-0.25, -0.2) is 28.7 Å². The normalized spacial score (nSPS) is 11.8. The number of rotatable bonds is 6. The zero-order chi connectivity index (χ0) is 44.8. The molecule has 0 aliphatic carbocycles. The molecule has 0 amide bonds. The minimum Gasteiger partial charge on any atom is -0.444 e. The number of hydrogen-bond acceptors (Lipinski definition) is 12. The largest absolute Gasteiger partial charge is 0.444 e. The zero-order valence-corrected chi connectivity index (χ0v) is 35.8. The van der Waals surface area contributed by atoms with Crippen LogP contribution in [0.1, 0.15) is 11.1 Å². The number of fused-ring (bicyclic) bond motifs is 9. The van der Waals surface area contributed by atoms with Gasteiger partial charge in [-0.3, -0.25) is 19.2 Å². The van der Waals surface area contributed by atoms with Gasteiger partial charge in [0.1, 0.15) is 24.0 Å². The van der Waals surface area contributed by atoms with Gasteiger partial charge in [-0.2, -0.15) is 0 Å². The Morgan fingerprint density at radius 3 is 1.39 bits per heavy atom. The van der Waals surface area contributed by atoms with Crippen LogP contribution in [0.15, 0.2) is 175 Å². The number of carbonyl (C=O) groups is 2. The highest BCUT2D eigenvalue weighted by Crippen LogP contribution is 2.48. The Morgan fingerprint density at radius 1 is 0.470 bits per heavy atom. The maximum Gasteiger partial charge on any atom is 0.420 e. The van der Waals surface area contributed by atoms with Crippen molar-refractivity contribution in [2.24, 2.45) is 9.98 Å². The van der Waals surface area contributed by atoms with E-state index in [0.717, 1.165) is 38.4 Å². The zero-order valence-electron chi connectivity index (χ0n) is 34.1. The predicted octanol–water partition coefficient (Wildman–Crippen LogP) is 9.51. The first-order valence-electron chi connectivity index (χ1n) is 20.7. The fraction of sp³-hybridized carbons (Fsp3) is 0.0385. The molecule has 0 spiro atoms. The molecule has 0 saturated carbocycles. The number of nitrogens with zero attached hydrogens (tertiary/aromatic N) is 4. The highest BCUT2D eigenvalue weighted by molar-refractivity contribution is 7.32. The van der Waals surface area contributed by atoms with Gasteiger partial charge in [-0.05, 0) is 63.0 Å². The van der Waals surface area contributed by atoms with Crippen LogP contribution in [0.2, 0.25) is 0 Å². The van der Waals surface area contributed by atoms with E-state index in [0.29, 0.717) is 30.2 Å². The average molecular weight is 901 g/mol. The molecular formula is C52H28N4O8S2. The van der Waals surface area contributed by atoms with Crippen molar-refractivity contribution in [3.05, 3.63) is 208 Å². The molecule has 0 saturated heterocycles. The van der Waals surface area contributed by atoms with Gasteiger partial charge < -0.3 is 9.47 Å². The summed E-state index contributed by atoms with van der Waals surface area (Å²) in [6.07, 6.45) is -1.66. The third-order valence-corrected chi connectivity index (χ3v) is 14.1. The summed E-state index contributed by atoms with van der Waals surface area (Å²) >= 11 is 2.40. The second-order valence-electron chi connectivity index (χ2n) is 15.8. The van der Waals surface area contributed by atoms with Crippen molar-refractivity contribution in [2.75, 3.05) is 0 Å². The summed E-state index contributed by atoms with van der Waals surface area (Å²) in [5.74, 6) is -0.0587. The molecule has 12 aromatic rings. The Labute approximate surface area is 377 Å². The third kappa shape index (κ3) is 6.18. The number of thiophene rings is 2. The lowest BCUT2D eigenvalue weighted by Gasteiger charge is -2.10. The Hall–Kier alpha value is -8.46. The second-order valence-corrected chi connectivity index (χ2v) is 17.9. The maximum absolute atomic E-state index is 14.5. The molecule has 4 heterocycles. The summed E-state index contributed by atoms with van der Waals surface area (Å²) in [5.41, 5.74) is 0.133. The molecule has 12 rings (SSSR count). The topological polar surface area (TPSA) is 155 Å². The van der Waals surface area contributed by atoms with Crippen molar-refractivity contribution in [3.63, 3.8) is 0 Å². The third-order valence-electron chi connectivity index (χ3n) is 11.8. The quantitative estimate of drug-likeness (QED) is 0.160. The fourth-order valence-electron chi connectivity index (χ4n) is 8.68. The van der Waals surface area contributed by atoms with E-state index in [1.54, 1.807) is 48.5 Å². The molecule has 316 valence electrons. The van der Waals surface area contributed by atoms with Crippen molar-refractivity contribution in [3.8, 4) is 0 Å². The van der Waals surface area contributed by atoms with Crippen molar-refractivity contribution in [2.45, 2.75) is 13.2 Å². The molecule has 14 heteroatoms. The summed E-state index contributed by atoms with van der Waals surface area (Å²) in [5, 5.41) is 3.84. The van der Waals surface area contributed by atoms with Crippen LogP contribution in [-0.4, -0.2) is 21.3 Å². The van der Waals surface area contributed by atoms with Gasteiger partial charge in [-0.1, -0.05) is 109 Å². The summed E-state index contributed by atoms with van der Waals surface area (Å²) in [7, 11) is 0. The van der Waals surface area contributed by atoms with Crippen molar-refractivity contribution >= 4 is 119 Å². The molecule has 0 aliphatic rings. The highest BCUT2D eigenvalue weighted by atomic mass is 32.1. The Kier molecular flexibility index (Phi) is 8.95. The number of benzene rings is 6. The number of ether oxygens (including phenoxy) is 2. The lowest BCUT2D eigenvalue weighted by molar-refractivity contribution is 0.141. The number of hydrogen-bond donors (Lipinski definition) is 0. The molecule has 0 bridgehead atoms. The van der Waals surface area contributed by atoms with E-state index in [1.807, 2.05) is 97.1 Å². The van der Waals surface area contributed by atoms with Crippen molar-refractivity contribution in [1.82, 2.24) is 9.13 Å². The van der Waals surface area contributed by atoms with Gasteiger partial charge >= 0.3 is 12.2 Å². The van der Waals surface area contributed by atoms with Crippen LogP contribution in [0.4, 0.5) is 20.4 Å². The Morgan fingerprint density at radius 2 is 0.909 bits per heavy atom.